The number of nitrogens with zero attached hydrogens (tertiary/aromatic N) is 3. The lowest BCUT2D eigenvalue weighted by molar-refractivity contribution is -0.138. The molecule has 2 N–H and O–H groups in total. The normalized spacial score (nSPS) is 27.5. The van der Waals surface area contributed by atoms with Crippen LogP contribution in [-0.2, 0) is 9.53 Å². The Morgan fingerprint density at radius 2 is 2.25 bits per heavy atom. The molecule has 0 radical (unpaired) electrons. The number of alkyl halides is 1. The Kier molecular flexibility index (Phi) is 5.11. The zero-order chi connectivity index (χ0) is 19.7. The van der Waals surface area contributed by atoms with Crippen LogP contribution in [-0.4, -0.2) is 61.5 Å². The SMILES string of the molecule is CC1CN(c2ccc(C#N)c3ncccc23)CC(C(=O)N[C@H]2CNC[C@H]2F)O1. The van der Waals surface area contributed by atoms with Gasteiger partial charge in [-0.05, 0) is 31.2 Å². The Morgan fingerprint density at radius 3 is 3.00 bits per heavy atom. The molecule has 4 rings (SSSR count). The lowest BCUT2D eigenvalue weighted by Gasteiger charge is -2.38. The zero-order valence-corrected chi connectivity index (χ0v) is 15.6. The van der Waals surface area contributed by atoms with E-state index in [1.165, 1.54) is 0 Å². The number of halogens is 1. The first-order valence-electron chi connectivity index (χ1n) is 9.40. The number of hydrogen-bond acceptors (Lipinski definition) is 6. The van der Waals surface area contributed by atoms with E-state index in [-0.39, 0.29) is 18.6 Å². The third-order valence-electron chi connectivity index (χ3n) is 5.23. The summed E-state index contributed by atoms with van der Waals surface area (Å²) in [7, 11) is 0. The minimum atomic E-state index is -1.09. The number of nitrogens with one attached hydrogen (secondary N) is 2. The monoisotopic (exact) mass is 383 g/mol. The van der Waals surface area contributed by atoms with Gasteiger partial charge in [0, 0.05) is 36.9 Å². The number of carbonyl (C=O) groups is 1. The number of hydrogen-bond donors (Lipinski definition) is 2. The molecular weight excluding hydrogens is 361 g/mol. The molecule has 4 atom stereocenters. The summed E-state index contributed by atoms with van der Waals surface area (Å²) >= 11 is 0. The third kappa shape index (κ3) is 3.51. The summed E-state index contributed by atoms with van der Waals surface area (Å²) in [6.45, 7) is 3.54. The van der Waals surface area contributed by atoms with Crippen molar-refractivity contribution in [1.82, 2.24) is 15.6 Å². The van der Waals surface area contributed by atoms with Gasteiger partial charge >= 0.3 is 0 Å². The first kappa shape index (κ1) is 18.6. The van der Waals surface area contributed by atoms with E-state index in [9.17, 15) is 14.4 Å². The largest absolute Gasteiger partial charge is 0.365 e. The Labute approximate surface area is 162 Å². The van der Waals surface area contributed by atoms with Gasteiger partial charge < -0.3 is 20.3 Å². The second-order valence-corrected chi connectivity index (χ2v) is 7.27. The lowest BCUT2D eigenvalue weighted by atomic mass is 10.1. The number of nitriles is 1. The van der Waals surface area contributed by atoms with E-state index < -0.39 is 18.3 Å². The van der Waals surface area contributed by atoms with Crippen LogP contribution in [0.3, 0.4) is 0 Å². The van der Waals surface area contributed by atoms with E-state index in [0.29, 0.717) is 30.7 Å². The molecule has 146 valence electrons. The molecule has 2 unspecified atom stereocenters. The molecule has 3 heterocycles. The van der Waals surface area contributed by atoms with Gasteiger partial charge in [0.25, 0.3) is 5.91 Å². The van der Waals surface area contributed by atoms with Gasteiger partial charge in [0.15, 0.2) is 6.10 Å². The molecule has 0 bridgehead atoms. The van der Waals surface area contributed by atoms with Crippen molar-refractivity contribution in [3.05, 3.63) is 36.0 Å². The molecule has 8 heteroatoms. The summed E-state index contributed by atoms with van der Waals surface area (Å²) in [5.41, 5.74) is 2.05. The minimum absolute atomic E-state index is 0.172. The van der Waals surface area contributed by atoms with Crippen molar-refractivity contribution in [2.75, 3.05) is 31.1 Å². The summed E-state index contributed by atoms with van der Waals surface area (Å²) in [5, 5.41) is 15.9. The van der Waals surface area contributed by atoms with Gasteiger partial charge in [0.05, 0.1) is 29.8 Å². The van der Waals surface area contributed by atoms with Crippen molar-refractivity contribution in [2.45, 2.75) is 31.3 Å². The highest BCUT2D eigenvalue weighted by Crippen LogP contribution is 2.30. The molecule has 1 aromatic heterocycles. The summed E-state index contributed by atoms with van der Waals surface area (Å²) in [5.74, 6) is -0.302. The fourth-order valence-corrected chi connectivity index (χ4v) is 3.88. The highest BCUT2D eigenvalue weighted by atomic mass is 19.1. The zero-order valence-electron chi connectivity index (χ0n) is 15.6. The number of morpholine rings is 1. The molecule has 0 aliphatic carbocycles. The van der Waals surface area contributed by atoms with Gasteiger partial charge in [-0.15, -0.1) is 0 Å². The predicted octanol–water partition coefficient (Wildman–Crippen LogP) is 1.13. The van der Waals surface area contributed by atoms with Crippen molar-refractivity contribution in [3.8, 4) is 6.07 Å². The number of carbonyl (C=O) groups excluding carboxylic acids is 1. The number of fused-ring (bicyclic) bond motifs is 1. The molecule has 0 spiro atoms. The molecule has 2 saturated heterocycles. The van der Waals surface area contributed by atoms with Crippen LogP contribution < -0.4 is 15.5 Å². The van der Waals surface area contributed by atoms with Crippen molar-refractivity contribution >= 4 is 22.5 Å². The maximum absolute atomic E-state index is 13.8. The molecule has 2 aromatic rings. The number of ether oxygens (including phenoxy) is 1. The number of rotatable bonds is 3. The summed E-state index contributed by atoms with van der Waals surface area (Å²) < 4.78 is 19.7. The van der Waals surface area contributed by atoms with E-state index >= 15 is 0 Å². The molecule has 1 amide bonds. The van der Waals surface area contributed by atoms with Crippen LogP contribution in [0.1, 0.15) is 12.5 Å². The molecule has 0 saturated carbocycles. The molecule has 2 fully saturated rings. The van der Waals surface area contributed by atoms with E-state index in [0.717, 1.165) is 11.1 Å². The van der Waals surface area contributed by atoms with Crippen LogP contribution in [0.2, 0.25) is 0 Å². The van der Waals surface area contributed by atoms with Crippen LogP contribution in [0, 0.1) is 11.3 Å². The number of benzene rings is 1. The first-order chi connectivity index (χ1) is 13.6. The first-order valence-corrected chi connectivity index (χ1v) is 9.40. The summed E-state index contributed by atoms with van der Waals surface area (Å²) in [6.07, 6.45) is -0.294. The second kappa shape index (κ2) is 7.70. The van der Waals surface area contributed by atoms with E-state index in [4.69, 9.17) is 4.74 Å². The van der Waals surface area contributed by atoms with Gasteiger partial charge in [0.2, 0.25) is 0 Å². The highest BCUT2D eigenvalue weighted by Gasteiger charge is 2.35. The molecule has 2 aliphatic heterocycles. The van der Waals surface area contributed by atoms with Gasteiger partial charge in [-0.1, -0.05) is 0 Å². The fraction of sp³-hybridized carbons (Fsp3) is 0.450. The number of pyridine rings is 1. The van der Waals surface area contributed by atoms with Crippen molar-refractivity contribution in [1.29, 1.82) is 5.26 Å². The van der Waals surface area contributed by atoms with Crippen LogP contribution >= 0.6 is 0 Å². The second-order valence-electron chi connectivity index (χ2n) is 7.27. The van der Waals surface area contributed by atoms with Crippen LogP contribution in [0.25, 0.3) is 10.9 Å². The van der Waals surface area contributed by atoms with E-state index in [1.807, 2.05) is 25.1 Å². The summed E-state index contributed by atoms with van der Waals surface area (Å²) in [4.78, 5) is 19.1. The van der Waals surface area contributed by atoms with E-state index in [1.54, 1.807) is 12.3 Å². The topological polar surface area (TPSA) is 90.3 Å². The molecule has 28 heavy (non-hydrogen) atoms. The average Bonchev–Trinajstić information content (AvgIpc) is 3.11. The Morgan fingerprint density at radius 1 is 1.39 bits per heavy atom. The van der Waals surface area contributed by atoms with Crippen molar-refractivity contribution in [2.24, 2.45) is 0 Å². The fourth-order valence-electron chi connectivity index (χ4n) is 3.88. The Hall–Kier alpha value is -2.76. The predicted molar refractivity (Wildman–Crippen MR) is 103 cm³/mol. The number of anilines is 1. The molecule has 2 aliphatic rings. The van der Waals surface area contributed by atoms with Gasteiger partial charge in [-0.3, -0.25) is 9.78 Å². The number of amides is 1. The maximum atomic E-state index is 13.8. The van der Waals surface area contributed by atoms with Gasteiger partial charge in [-0.25, -0.2) is 4.39 Å². The quantitative estimate of drug-likeness (QED) is 0.826. The van der Waals surface area contributed by atoms with Gasteiger partial charge in [0.1, 0.15) is 12.2 Å². The highest BCUT2D eigenvalue weighted by molar-refractivity contribution is 5.95. The molecule has 1 aromatic carbocycles. The Bertz CT molecular complexity index is 930. The third-order valence-corrected chi connectivity index (χ3v) is 5.23. The van der Waals surface area contributed by atoms with Crippen molar-refractivity contribution < 1.29 is 13.9 Å². The minimum Gasteiger partial charge on any atom is -0.365 e. The van der Waals surface area contributed by atoms with E-state index in [2.05, 4.69) is 26.6 Å². The smallest absolute Gasteiger partial charge is 0.251 e. The Balaban J connectivity index is 1.58. The number of aromatic nitrogens is 1. The van der Waals surface area contributed by atoms with Gasteiger partial charge in [-0.2, -0.15) is 5.26 Å². The van der Waals surface area contributed by atoms with Crippen LogP contribution in [0.15, 0.2) is 30.5 Å². The average molecular weight is 383 g/mol. The molecular formula is C20H22FN5O2. The van der Waals surface area contributed by atoms with Crippen LogP contribution in [0.4, 0.5) is 10.1 Å². The van der Waals surface area contributed by atoms with Crippen molar-refractivity contribution in [3.63, 3.8) is 0 Å². The standard InChI is InChI=1S/C20H22FN5O2/c1-12-10-26(11-18(28-12)20(27)25-16-9-23-8-15(16)21)17-5-4-13(7-22)19-14(17)3-2-6-24-19/h2-6,12,15-16,18,23H,8-11H2,1H3,(H,25,27)/t12?,15-,16+,18?/m1/s1. The van der Waals surface area contributed by atoms with Crippen LogP contribution in [0.5, 0.6) is 0 Å². The molecule has 7 nitrogen and oxygen atoms in total. The maximum Gasteiger partial charge on any atom is 0.251 e. The summed E-state index contributed by atoms with van der Waals surface area (Å²) in [6, 6.07) is 9.02. The lowest BCUT2D eigenvalue weighted by Crippen LogP contribution is -2.55.